The van der Waals surface area contributed by atoms with E-state index in [2.05, 4.69) is 0 Å². The van der Waals surface area contributed by atoms with E-state index in [4.69, 9.17) is 4.74 Å². The Bertz CT molecular complexity index is 207. The fourth-order valence-corrected chi connectivity index (χ4v) is 2.39. The highest BCUT2D eigenvalue weighted by Gasteiger charge is 2.33. The van der Waals surface area contributed by atoms with Gasteiger partial charge in [0.25, 0.3) is 0 Å². The van der Waals surface area contributed by atoms with E-state index in [0.29, 0.717) is 18.3 Å². The molecule has 0 saturated heterocycles. The number of ketones is 1. The van der Waals surface area contributed by atoms with Gasteiger partial charge in [0.05, 0.1) is 0 Å². The SMILES string of the molecule is CCOC(C)(CC)C(=O)CC1CCCC1. The van der Waals surface area contributed by atoms with E-state index >= 15 is 0 Å². The Labute approximate surface area is 93.4 Å². The molecule has 0 aromatic heterocycles. The van der Waals surface area contributed by atoms with Gasteiger partial charge in [-0.3, -0.25) is 4.79 Å². The highest BCUT2D eigenvalue weighted by atomic mass is 16.5. The van der Waals surface area contributed by atoms with Crippen LogP contribution in [0.3, 0.4) is 0 Å². The van der Waals surface area contributed by atoms with Crippen LogP contribution in [0.15, 0.2) is 0 Å². The molecule has 0 aliphatic heterocycles. The van der Waals surface area contributed by atoms with Crippen LogP contribution in [-0.2, 0) is 9.53 Å². The van der Waals surface area contributed by atoms with Crippen LogP contribution in [0, 0.1) is 5.92 Å². The van der Waals surface area contributed by atoms with Crippen molar-refractivity contribution in [2.24, 2.45) is 5.92 Å². The highest BCUT2D eigenvalue weighted by molar-refractivity contribution is 5.87. The van der Waals surface area contributed by atoms with Crippen LogP contribution in [0.1, 0.15) is 59.3 Å². The normalized spacial score (nSPS) is 21.5. The summed E-state index contributed by atoms with van der Waals surface area (Å²) in [5.74, 6) is 0.933. The van der Waals surface area contributed by atoms with E-state index in [1.54, 1.807) is 0 Å². The van der Waals surface area contributed by atoms with Crippen molar-refractivity contribution in [1.82, 2.24) is 0 Å². The molecule has 0 N–H and O–H groups in total. The second kappa shape index (κ2) is 5.64. The van der Waals surface area contributed by atoms with Crippen LogP contribution in [0.25, 0.3) is 0 Å². The summed E-state index contributed by atoms with van der Waals surface area (Å²) in [5, 5.41) is 0. The number of carbonyl (C=O) groups is 1. The second-order valence-electron chi connectivity index (χ2n) is 4.80. The third-order valence-electron chi connectivity index (χ3n) is 3.68. The summed E-state index contributed by atoms with van der Waals surface area (Å²) in [7, 11) is 0. The van der Waals surface area contributed by atoms with Crippen LogP contribution in [0.4, 0.5) is 0 Å². The van der Waals surface area contributed by atoms with Crippen molar-refractivity contribution in [3.63, 3.8) is 0 Å². The second-order valence-corrected chi connectivity index (χ2v) is 4.80. The quantitative estimate of drug-likeness (QED) is 0.675. The Morgan fingerprint density at radius 3 is 2.40 bits per heavy atom. The summed E-state index contributed by atoms with van der Waals surface area (Å²) in [6.45, 7) is 6.55. The molecule has 1 aliphatic rings. The van der Waals surface area contributed by atoms with Crippen LogP contribution >= 0.6 is 0 Å². The standard InChI is InChI=1S/C13H24O2/c1-4-13(3,15-5-2)12(14)10-11-8-6-7-9-11/h11H,4-10H2,1-3H3. The monoisotopic (exact) mass is 212 g/mol. The molecule has 1 fully saturated rings. The minimum atomic E-state index is -0.530. The van der Waals surface area contributed by atoms with Crippen LogP contribution in [0.5, 0.6) is 0 Å². The van der Waals surface area contributed by atoms with Crippen LogP contribution in [-0.4, -0.2) is 18.0 Å². The van der Waals surface area contributed by atoms with Gasteiger partial charge in [0.1, 0.15) is 5.60 Å². The van der Waals surface area contributed by atoms with Gasteiger partial charge in [-0.15, -0.1) is 0 Å². The predicted molar refractivity (Wildman–Crippen MR) is 61.9 cm³/mol. The Hall–Kier alpha value is -0.370. The lowest BCUT2D eigenvalue weighted by atomic mass is 9.89. The van der Waals surface area contributed by atoms with Gasteiger partial charge >= 0.3 is 0 Å². The van der Waals surface area contributed by atoms with Gasteiger partial charge in [-0.1, -0.05) is 32.6 Å². The molecule has 2 nitrogen and oxygen atoms in total. The maximum Gasteiger partial charge on any atom is 0.164 e. The molecule has 1 rings (SSSR count). The Morgan fingerprint density at radius 2 is 1.93 bits per heavy atom. The fraction of sp³-hybridized carbons (Fsp3) is 0.923. The largest absolute Gasteiger partial charge is 0.368 e. The van der Waals surface area contributed by atoms with Gasteiger partial charge < -0.3 is 4.74 Å². The first kappa shape index (κ1) is 12.7. The smallest absolute Gasteiger partial charge is 0.164 e. The average molecular weight is 212 g/mol. The number of hydrogen-bond donors (Lipinski definition) is 0. The van der Waals surface area contributed by atoms with Gasteiger partial charge in [0.15, 0.2) is 5.78 Å². The van der Waals surface area contributed by atoms with Crippen molar-refractivity contribution >= 4 is 5.78 Å². The molecule has 0 radical (unpaired) electrons. The minimum absolute atomic E-state index is 0.304. The van der Waals surface area contributed by atoms with Crippen molar-refractivity contribution in [3.8, 4) is 0 Å². The molecular weight excluding hydrogens is 188 g/mol. The number of Topliss-reactive ketones (excluding diaryl/α,β-unsaturated/α-hetero) is 1. The molecule has 1 saturated carbocycles. The first-order valence-corrected chi connectivity index (χ1v) is 6.29. The zero-order valence-electron chi connectivity index (χ0n) is 10.3. The number of ether oxygens (including phenoxy) is 1. The van der Waals surface area contributed by atoms with Gasteiger partial charge in [0.2, 0.25) is 0 Å². The lowest BCUT2D eigenvalue weighted by Gasteiger charge is -2.27. The number of hydrogen-bond acceptors (Lipinski definition) is 2. The van der Waals surface area contributed by atoms with Crippen molar-refractivity contribution < 1.29 is 9.53 Å². The van der Waals surface area contributed by atoms with E-state index in [1.165, 1.54) is 25.7 Å². The summed E-state index contributed by atoms with van der Waals surface area (Å²) < 4.78 is 5.60. The molecule has 0 aromatic rings. The maximum atomic E-state index is 12.1. The lowest BCUT2D eigenvalue weighted by Crippen LogP contribution is -2.38. The third kappa shape index (κ3) is 3.30. The Kier molecular flexibility index (Phi) is 4.78. The van der Waals surface area contributed by atoms with Gasteiger partial charge in [-0.05, 0) is 26.2 Å². The average Bonchev–Trinajstić information content (AvgIpc) is 2.70. The molecular formula is C13H24O2. The number of rotatable bonds is 6. The summed E-state index contributed by atoms with van der Waals surface area (Å²) in [4.78, 5) is 12.1. The van der Waals surface area contributed by atoms with Crippen molar-refractivity contribution in [1.29, 1.82) is 0 Å². The molecule has 0 amide bonds. The summed E-state index contributed by atoms with van der Waals surface area (Å²) >= 11 is 0. The summed E-state index contributed by atoms with van der Waals surface area (Å²) in [6, 6.07) is 0. The van der Waals surface area contributed by atoms with Gasteiger partial charge in [0, 0.05) is 13.0 Å². The van der Waals surface area contributed by atoms with E-state index in [-0.39, 0.29) is 0 Å². The van der Waals surface area contributed by atoms with Crippen molar-refractivity contribution in [2.75, 3.05) is 6.61 Å². The molecule has 0 bridgehead atoms. The Balaban J connectivity index is 2.48. The third-order valence-corrected chi connectivity index (χ3v) is 3.68. The zero-order valence-corrected chi connectivity index (χ0v) is 10.3. The summed E-state index contributed by atoms with van der Waals surface area (Å²) in [6.07, 6.45) is 6.58. The van der Waals surface area contributed by atoms with Crippen LogP contribution in [0.2, 0.25) is 0 Å². The van der Waals surface area contributed by atoms with E-state index in [0.717, 1.165) is 12.8 Å². The molecule has 1 aliphatic carbocycles. The highest BCUT2D eigenvalue weighted by Crippen LogP contribution is 2.30. The lowest BCUT2D eigenvalue weighted by molar-refractivity contribution is -0.143. The van der Waals surface area contributed by atoms with E-state index in [9.17, 15) is 4.79 Å². The minimum Gasteiger partial charge on any atom is -0.368 e. The van der Waals surface area contributed by atoms with E-state index < -0.39 is 5.60 Å². The molecule has 1 atom stereocenters. The maximum absolute atomic E-state index is 12.1. The van der Waals surface area contributed by atoms with E-state index in [1.807, 2.05) is 20.8 Å². The topological polar surface area (TPSA) is 26.3 Å². The first-order valence-electron chi connectivity index (χ1n) is 6.29. The predicted octanol–water partition coefficient (Wildman–Crippen LogP) is 3.34. The van der Waals surface area contributed by atoms with Gasteiger partial charge in [-0.2, -0.15) is 0 Å². The summed E-state index contributed by atoms with van der Waals surface area (Å²) in [5.41, 5.74) is -0.530. The molecule has 15 heavy (non-hydrogen) atoms. The van der Waals surface area contributed by atoms with Gasteiger partial charge in [-0.25, -0.2) is 0 Å². The molecule has 0 heterocycles. The van der Waals surface area contributed by atoms with Crippen molar-refractivity contribution in [3.05, 3.63) is 0 Å². The molecule has 2 heteroatoms. The van der Waals surface area contributed by atoms with Crippen LogP contribution < -0.4 is 0 Å². The fourth-order valence-electron chi connectivity index (χ4n) is 2.39. The zero-order chi connectivity index (χ0) is 11.3. The molecule has 88 valence electrons. The number of carbonyl (C=O) groups excluding carboxylic acids is 1. The molecule has 1 unspecified atom stereocenters. The Morgan fingerprint density at radius 1 is 1.33 bits per heavy atom. The van der Waals surface area contributed by atoms with Crippen molar-refractivity contribution in [2.45, 2.75) is 64.9 Å². The molecule has 0 spiro atoms. The molecule has 0 aromatic carbocycles. The first-order chi connectivity index (χ1) is 7.12.